The minimum absolute atomic E-state index is 0.232. The number of amides is 1. The molecule has 0 bridgehead atoms. The molecule has 0 atom stereocenters. The molecular formula is C12H13N3O2. The first-order valence-electron chi connectivity index (χ1n) is 5.21. The van der Waals surface area contributed by atoms with Crippen LogP contribution in [0.1, 0.15) is 22.0 Å². The molecule has 2 heterocycles. The summed E-state index contributed by atoms with van der Waals surface area (Å²) in [5, 5.41) is 2.69. The third-order valence-electron chi connectivity index (χ3n) is 2.27. The Morgan fingerprint density at radius 3 is 2.94 bits per heavy atom. The molecule has 0 saturated carbocycles. The van der Waals surface area contributed by atoms with Crippen molar-refractivity contribution in [1.82, 2.24) is 10.3 Å². The van der Waals surface area contributed by atoms with Crippen LogP contribution in [0.5, 0.6) is 0 Å². The van der Waals surface area contributed by atoms with E-state index in [1.165, 1.54) is 6.20 Å². The number of nitrogens with zero attached hydrogens (tertiary/aromatic N) is 1. The summed E-state index contributed by atoms with van der Waals surface area (Å²) in [5.41, 5.74) is 6.24. The van der Waals surface area contributed by atoms with E-state index in [0.29, 0.717) is 18.0 Å². The highest BCUT2D eigenvalue weighted by atomic mass is 16.3. The van der Waals surface area contributed by atoms with E-state index >= 15 is 0 Å². The van der Waals surface area contributed by atoms with E-state index in [1.54, 1.807) is 12.1 Å². The number of rotatable bonds is 3. The molecule has 0 spiro atoms. The van der Waals surface area contributed by atoms with Gasteiger partial charge in [0.05, 0.1) is 12.2 Å². The number of carbonyl (C=O) groups is 1. The first kappa shape index (κ1) is 11.2. The Labute approximate surface area is 98.6 Å². The average molecular weight is 231 g/mol. The van der Waals surface area contributed by atoms with E-state index in [1.807, 2.05) is 19.1 Å². The Hall–Kier alpha value is -2.30. The van der Waals surface area contributed by atoms with Crippen molar-refractivity contribution in [2.24, 2.45) is 0 Å². The molecular weight excluding hydrogens is 218 g/mol. The average Bonchev–Trinajstić information content (AvgIpc) is 2.73. The monoisotopic (exact) mass is 231 g/mol. The normalized spacial score (nSPS) is 10.2. The van der Waals surface area contributed by atoms with Crippen molar-refractivity contribution in [1.29, 1.82) is 0 Å². The number of aryl methyl sites for hydroxylation is 1. The number of nitrogens with one attached hydrogen (secondary N) is 1. The summed E-state index contributed by atoms with van der Waals surface area (Å²) in [4.78, 5) is 15.7. The molecule has 2 aromatic heterocycles. The van der Waals surface area contributed by atoms with Crippen LogP contribution in [0.2, 0.25) is 0 Å². The topological polar surface area (TPSA) is 81.2 Å². The summed E-state index contributed by atoms with van der Waals surface area (Å²) in [6, 6.07) is 6.98. The number of pyridine rings is 1. The van der Waals surface area contributed by atoms with E-state index in [0.717, 1.165) is 5.76 Å². The summed E-state index contributed by atoms with van der Waals surface area (Å²) in [5.74, 6) is 1.20. The van der Waals surface area contributed by atoms with E-state index in [2.05, 4.69) is 10.3 Å². The van der Waals surface area contributed by atoms with Gasteiger partial charge in [0, 0.05) is 6.20 Å². The second-order valence-electron chi connectivity index (χ2n) is 3.64. The second-order valence-corrected chi connectivity index (χ2v) is 3.64. The maximum Gasteiger partial charge on any atom is 0.272 e. The molecule has 0 radical (unpaired) electrons. The lowest BCUT2D eigenvalue weighted by Crippen LogP contribution is -2.24. The highest BCUT2D eigenvalue weighted by Gasteiger charge is 2.10. The zero-order valence-corrected chi connectivity index (χ0v) is 9.43. The Morgan fingerprint density at radius 1 is 1.47 bits per heavy atom. The minimum Gasteiger partial charge on any atom is -0.465 e. The Bertz CT molecular complexity index is 534. The number of anilines is 1. The molecule has 0 aromatic carbocycles. The van der Waals surface area contributed by atoms with Crippen molar-refractivity contribution in [3.05, 3.63) is 47.7 Å². The predicted octanol–water partition coefficient (Wildman–Crippen LogP) is 1.50. The van der Waals surface area contributed by atoms with Gasteiger partial charge in [0.25, 0.3) is 5.91 Å². The standard InChI is InChI=1S/C12H13N3O2/c1-8-4-5-9(17-8)7-15-12(16)11-10(13)3-2-6-14-11/h2-6H,7,13H2,1H3,(H,15,16). The minimum atomic E-state index is -0.308. The molecule has 3 N–H and O–H groups in total. The Balaban J connectivity index is 2.01. The van der Waals surface area contributed by atoms with Crippen molar-refractivity contribution in [2.75, 3.05) is 5.73 Å². The number of hydrogen-bond acceptors (Lipinski definition) is 4. The maximum absolute atomic E-state index is 11.8. The molecule has 0 aliphatic heterocycles. The second kappa shape index (κ2) is 4.69. The predicted molar refractivity (Wildman–Crippen MR) is 63.3 cm³/mol. The van der Waals surface area contributed by atoms with Gasteiger partial charge in [-0.2, -0.15) is 0 Å². The third-order valence-corrected chi connectivity index (χ3v) is 2.27. The van der Waals surface area contributed by atoms with Crippen molar-refractivity contribution in [2.45, 2.75) is 13.5 Å². The lowest BCUT2D eigenvalue weighted by atomic mass is 10.3. The smallest absolute Gasteiger partial charge is 0.272 e. The van der Waals surface area contributed by atoms with Crippen LogP contribution in [0.15, 0.2) is 34.9 Å². The molecule has 2 rings (SSSR count). The molecule has 0 unspecified atom stereocenters. The van der Waals surface area contributed by atoms with Gasteiger partial charge in [0.15, 0.2) is 5.69 Å². The van der Waals surface area contributed by atoms with Crippen molar-refractivity contribution < 1.29 is 9.21 Å². The number of aromatic nitrogens is 1. The van der Waals surface area contributed by atoms with E-state index in [4.69, 9.17) is 10.2 Å². The van der Waals surface area contributed by atoms with Gasteiger partial charge in [-0.05, 0) is 31.2 Å². The zero-order chi connectivity index (χ0) is 12.3. The van der Waals surface area contributed by atoms with Gasteiger partial charge in [-0.1, -0.05) is 0 Å². The number of hydrogen-bond donors (Lipinski definition) is 2. The number of carbonyl (C=O) groups excluding carboxylic acids is 1. The quantitative estimate of drug-likeness (QED) is 0.838. The summed E-state index contributed by atoms with van der Waals surface area (Å²) >= 11 is 0. The zero-order valence-electron chi connectivity index (χ0n) is 9.43. The van der Waals surface area contributed by atoms with Gasteiger partial charge in [-0.25, -0.2) is 4.98 Å². The first-order valence-corrected chi connectivity index (χ1v) is 5.21. The van der Waals surface area contributed by atoms with Gasteiger partial charge in [0.2, 0.25) is 0 Å². The number of nitrogen functional groups attached to an aromatic ring is 1. The summed E-state index contributed by atoms with van der Waals surface area (Å²) in [7, 11) is 0. The fourth-order valence-corrected chi connectivity index (χ4v) is 1.44. The lowest BCUT2D eigenvalue weighted by Gasteiger charge is -2.04. The molecule has 0 saturated heterocycles. The van der Waals surface area contributed by atoms with Crippen LogP contribution in [0.25, 0.3) is 0 Å². The Kier molecular flexibility index (Phi) is 3.09. The molecule has 5 nitrogen and oxygen atoms in total. The highest BCUT2D eigenvalue weighted by Crippen LogP contribution is 2.08. The van der Waals surface area contributed by atoms with Crippen molar-refractivity contribution in [3.63, 3.8) is 0 Å². The van der Waals surface area contributed by atoms with Crippen LogP contribution >= 0.6 is 0 Å². The largest absolute Gasteiger partial charge is 0.465 e. The van der Waals surface area contributed by atoms with Crippen molar-refractivity contribution >= 4 is 11.6 Å². The van der Waals surface area contributed by atoms with Gasteiger partial charge in [0.1, 0.15) is 11.5 Å². The van der Waals surface area contributed by atoms with Crippen LogP contribution in [0, 0.1) is 6.92 Å². The molecule has 17 heavy (non-hydrogen) atoms. The highest BCUT2D eigenvalue weighted by molar-refractivity contribution is 5.96. The molecule has 2 aromatic rings. The first-order chi connectivity index (χ1) is 8.16. The maximum atomic E-state index is 11.8. The Morgan fingerprint density at radius 2 is 2.29 bits per heavy atom. The SMILES string of the molecule is Cc1ccc(CNC(=O)c2ncccc2N)o1. The van der Waals surface area contributed by atoms with E-state index in [-0.39, 0.29) is 11.6 Å². The fourth-order valence-electron chi connectivity index (χ4n) is 1.44. The van der Waals surface area contributed by atoms with Crippen LogP contribution in [0.4, 0.5) is 5.69 Å². The van der Waals surface area contributed by atoms with Crippen LogP contribution in [-0.4, -0.2) is 10.9 Å². The molecule has 0 aliphatic carbocycles. The summed E-state index contributed by atoms with van der Waals surface area (Å²) in [6.45, 7) is 2.17. The summed E-state index contributed by atoms with van der Waals surface area (Å²) < 4.78 is 5.33. The van der Waals surface area contributed by atoms with Gasteiger partial charge >= 0.3 is 0 Å². The molecule has 1 amide bonds. The molecule has 88 valence electrons. The fraction of sp³-hybridized carbons (Fsp3) is 0.167. The molecule has 5 heteroatoms. The molecule has 0 aliphatic rings. The van der Waals surface area contributed by atoms with Gasteiger partial charge in [-0.15, -0.1) is 0 Å². The van der Waals surface area contributed by atoms with E-state index < -0.39 is 0 Å². The van der Waals surface area contributed by atoms with Crippen LogP contribution in [0.3, 0.4) is 0 Å². The number of furan rings is 1. The summed E-state index contributed by atoms with van der Waals surface area (Å²) in [6.07, 6.45) is 1.53. The van der Waals surface area contributed by atoms with Gasteiger partial charge in [-0.3, -0.25) is 4.79 Å². The number of nitrogens with two attached hydrogens (primary N) is 1. The van der Waals surface area contributed by atoms with Crippen LogP contribution < -0.4 is 11.1 Å². The van der Waals surface area contributed by atoms with Crippen LogP contribution in [-0.2, 0) is 6.54 Å². The third kappa shape index (κ3) is 2.63. The van der Waals surface area contributed by atoms with E-state index in [9.17, 15) is 4.79 Å². The molecule has 0 fully saturated rings. The van der Waals surface area contributed by atoms with Crippen molar-refractivity contribution in [3.8, 4) is 0 Å². The van der Waals surface area contributed by atoms with Gasteiger partial charge < -0.3 is 15.5 Å². The lowest BCUT2D eigenvalue weighted by molar-refractivity contribution is 0.0944.